The minimum absolute atomic E-state index is 0.0966. The van der Waals surface area contributed by atoms with Crippen LogP contribution in [0.25, 0.3) is 10.9 Å². The molecule has 0 radical (unpaired) electrons. The lowest BCUT2D eigenvalue weighted by Gasteiger charge is -2.24. The predicted octanol–water partition coefficient (Wildman–Crippen LogP) is 3.89. The highest BCUT2D eigenvalue weighted by molar-refractivity contribution is 6.45. The smallest absolute Gasteiger partial charge is 0.295 e. The van der Waals surface area contributed by atoms with Crippen molar-refractivity contribution >= 4 is 22.6 Å². The lowest BCUT2D eigenvalue weighted by Crippen LogP contribution is -2.41. The summed E-state index contributed by atoms with van der Waals surface area (Å²) < 4.78 is 0. The summed E-state index contributed by atoms with van der Waals surface area (Å²) in [6.45, 7) is 2.51. The Morgan fingerprint density at radius 2 is 1.81 bits per heavy atom. The maximum atomic E-state index is 13.0. The third-order valence-corrected chi connectivity index (χ3v) is 5.27. The summed E-state index contributed by atoms with van der Waals surface area (Å²) in [7, 11) is 0. The second kappa shape index (κ2) is 6.79. The molecule has 2 heterocycles. The maximum absolute atomic E-state index is 13.0. The standard InChI is InChI=1S/C22H22N2O2/c1-15-20(18-11-5-6-12-19(18)23-15)21(25)22(26)24-13-7-10-17(24)14-16-8-3-2-4-9-16/h2-6,8-9,11-12,17,23H,7,10,13-14H2,1H3/t17-/m0/s1. The summed E-state index contributed by atoms with van der Waals surface area (Å²) in [6.07, 6.45) is 2.69. The van der Waals surface area contributed by atoms with Gasteiger partial charge < -0.3 is 9.88 Å². The topological polar surface area (TPSA) is 53.2 Å². The normalized spacial score (nSPS) is 17.0. The zero-order valence-corrected chi connectivity index (χ0v) is 14.9. The molecule has 0 unspecified atom stereocenters. The van der Waals surface area contributed by atoms with Crippen LogP contribution < -0.4 is 0 Å². The van der Waals surface area contributed by atoms with E-state index in [1.165, 1.54) is 5.56 Å². The number of likely N-dealkylation sites (tertiary alicyclic amines) is 1. The van der Waals surface area contributed by atoms with E-state index in [1.807, 2.05) is 49.4 Å². The molecule has 4 heteroatoms. The highest BCUT2D eigenvalue weighted by atomic mass is 16.2. The van der Waals surface area contributed by atoms with E-state index in [9.17, 15) is 9.59 Å². The lowest BCUT2D eigenvalue weighted by atomic mass is 10.0. The van der Waals surface area contributed by atoms with Gasteiger partial charge in [-0.2, -0.15) is 0 Å². The van der Waals surface area contributed by atoms with Crippen LogP contribution in [0.15, 0.2) is 54.6 Å². The van der Waals surface area contributed by atoms with Crippen LogP contribution in [-0.2, 0) is 11.2 Å². The van der Waals surface area contributed by atoms with Gasteiger partial charge in [-0.1, -0.05) is 48.5 Å². The van der Waals surface area contributed by atoms with Gasteiger partial charge in [0.15, 0.2) is 0 Å². The van der Waals surface area contributed by atoms with Crippen LogP contribution in [0.2, 0.25) is 0 Å². The number of aromatic amines is 1. The Hall–Kier alpha value is -2.88. The number of carbonyl (C=O) groups excluding carboxylic acids is 2. The first-order valence-corrected chi connectivity index (χ1v) is 9.11. The van der Waals surface area contributed by atoms with Gasteiger partial charge in [0.05, 0.1) is 5.56 Å². The summed E-state index contributed by atoms with van der Waals surface area (Å²) in [4.78, 5) is 31.0. The number of aryl methyl sites for hydroxylation is 1. The fourth-order valence-electron chi connectivity index (χ4n) is 4.01. The number of H-pyrrole nitrogens is 1. The SMILES string of the molecule is Cc1[nH]c2ccccc2c1C(=O)C(=O)N1CCC[C@H]1Cc1ccccc1. The molecule has 1 aliphatic heterocycles. The average Bonchev–Trinajstić information content (AvgIpc) is 3.24. The van der Waals surface area contributed by atoms with Crippen molar-refractivity contribution in [1.82, 2.24) is 9.88 Å². The molecule has 0 aliphatic carbocycles. The average molecular weight is 346 g/mol. The Labute approximate surface area is 152 Å². The molecule has 1 N–H and O–H groups in total. The Morgan fingerprint density at radius 3 is 2.62 bits per heavy atom. The van der Waals surface area contributed by atoms with Crippen molar-refractivity contribution in [2.24, 2.45) is 0 Å². The van der Waals surface area contributed by atoms with Gasteiger partial charge in [-0.3, -0.25) is 9.59 Å². The molecule has 4 rings (SSSR count). The van der Waals surface area contributed by atoms with Crippen molar-refractivity contribution in [3.8, 4) is 0 Å². The molecule has 0 saturated carbocycles. The second-order valence-electron chi connectivity index (χ2n) is 6.98. The molecule has 1 aliphatic rings. The van der Waals surface area contributed by atoms with E-state index in [-0.39, 0.29) is 11.9 Å². The lowest BCUT2D eigenvalue weighted by molar-refractivity contribution is -0.127. The molecular weight excluding hydrogens is 324 g/mol. The molecule has 2 aromatic carbocycles. The molecule has 4 nitrogen and oxygen atoms in total. The van der Waals surface area contributed by atoms with Crippen molar-refractivity contribution in [3.05, 3.63) is 71.4 Å². The number of hydrogen-bond donors (Lipinski definition) is 1. The fourth-order valence-corrected chi connectivity index (χ4v) is 4.01. The third kappa shape index (κ3) is 2.92. The van der Waals surface area contributed by atoms with Crippen LogP contribution in [0.3, 0.4) is 0 Å². The minimum Gasteiger partial charge on any atom is -0.358 e. The van der Waals surface area contributed by atoms with Crippen molar-refractivity contribution in [2.75, 3.05) is 6.54 Å². The van der Waals surface area contributed by atoms with Crippen LogP contribution in [0.5, 0.6) is 0 Å². The molecule has 1 amide bonds. The molecule has 1 saturated heterocycles. The minimum atomic E-state index is -0.403. The van der Waals surface area contributed by atoms with Gasteiger partial charge in [-0.25, -0.2) is 0 Å². The quantitative estimate of drug-likeness (QED) is 0.575. The largest absolute Gasteiger partial charge is 0.358 e. The van der Waals surface area contributed by atoms with Crippen molar-refractivity contribution in [3.63, 3.8) is 0 Å². The van der Waals surface area contributed by atoms with E-state index < -0.39 is 5.78 Å². The number of benzene rings is 2. The molecule has 0 bridgehead atoms. The summed E-state index contributed by atoms with van der Waals surface area (Å²) in [5.74, 6) is -0.781. The number of nitrogens with one attached hydrogen (secondary N) is 1. The molecule has 1 atom stereocenters. The van der Waals surface area contributed by atoms with E-state index in [1.54, 1.807) is 4.90 Å². The van der Waals surface area contributed by atoms with Gasteiger partial charge in [0, 0.05) is 29.2 Å². The molecular formula is C22H22N2O2. The van der Waals surface area contributed by atoms with E-state index in [0.29, 0.717) is 12.1 Å². The monoisotopic (exact) mass is 346 g/mol. The first-order chi connectivity index (χ1) is 12.6. The number of Topliss-reactive ketones (excluding diaryl/α,β-unsaturated/α-hetero) is 1. The van der Waals surface area contributed by atoms with Crippen LogP contribution in [0.1, 0.15) is 34.5 Å². The predicted molar refractivity (Wildman–Crippen MR) is 102 cm³/mol. The van der Waals surface area contributed by atoms with E-state index in [2.05, 4.69) is 17.1 Å². The Kier molecular flexibility index (Phi) is 4.33. The number of aromatic nitrogens is 1. The number of fused-ring (bicyclic) bond motifs is 1. The number of hydrogen-bond acceptors (Lipinski definition) is 2. The summed E-state index contributed by atoms with van der Waals surface area (Å²) in [5, 5.41) is 0.821. The van der Waals surface area contributed by atoms with Gasteiger partial charge in [0.25, 0.3) is 11.7 Å². The van der Waals surface area contributed by atoms with Crippen LogP contribution >= 0.6 is 0 Å². The Bertz CT molecular complexity index is 959. The zero-order valence-electron chi connectivity index (χ0n) is 14.9. The third-order valence-electron chi connectivity index (χ3n) is 5.27. The van der Waals surface area contributed by atoms with Gasteiger partial charge in [-0.05, 0) is 37.8 Å². The summed E-state index contributed by atoms with van der Waals surface area (Å²) >= 11 is 0. The maximum Gasteiger partial charge on any atom is 0.295 e. The van der Waals surface area contributed by atoms with E-state index >= 15 is 0 Å². The van der Waals surface area contributed by atoms with Crippen LogP contribution in [0, 0.1) is 6.92 Å². The summed E-state index contributed by atoms with van der Waals surface area (Å²) in [6, 6.07) is 17.9. The Balaban J connectivity index is 1.59. The van der Waals surface area contributed by atoms with Crippen LogP contribution in [-0.4, -0.2) is 34.2 Å². The zero-order chi connectivity index (χ0) is 18.1. The molecule has 3 aromatic rings. The Morgan fingerprint density at radius 1 is 1.08 bits per heavy atom. The van der Waals surface area contributed by atoms with E-state index in [0.717, 1.165) is 35.9 Å². The second-order valence-corrected chi connectivity index (χ2v) is 6.98. The highest BCUT2D eigenvalue weighted by Crippen LogP contribution is 2.26. The van der Waals surface area contributed by atoms with Crippen molar-refractivity contribution in [2.45, 2.75) is 32.2 Å². The number of para-hydroxylation sites is 1. The van der Waals surface area contributed by atoms with Gasteiger partial charge in [-0.15, -0.1) is 0 Å². The molecule has 132 valence electrons. The van der Waals surface area contributed by atoms with Crippen molar-refractivity contribution in [1.29, 1.82) is 0 Å². The fraction of sp³-hybridized carbons (Fsp3) is 0.273. The number of carbonyl (C=O) groups is 2. The number of amides is 1. The number of nitrogens with zero attached hydrogens (tertiary/aromatic N) is 1. The van der Waals surface area contributed by atoms with Gasteiger partial charge in [0.2, 0.25) is 0 Å². The first-order valence-electron chi connectivity index (χ1n) is 9.11. The molecule has 1 fully saturated rings. The van der Waals surface area contributed by atoms with Gasteiger partial charge >= 0.3 is 0 Å². The first kappa shape index (κ1) is 16.6. The number of ketones is 1. The van der Waals surface area contributed by atoms with Gasteiger partial charge in [0.1, 0.15) is 0 Å². The summed E-state index contributed by atoms with van der Waals surface area (Å²) in [5.41, 5.74) is 3.36. The molecule has 1 aromatic heterocycles. The molecule has 0 spiro atoms. The number of rotatable bonds is 4. The molecule has 26 heavy (non-hydrogen) atoms. The van der Waals surface area contributed by atoms with E-state index in [4.69, 9.17) is 0 Å². The van der Waals surface area contributed by atoms with Crippen molar-refractivity contribution < 1.29 is 9.59 Å². The highest BCUT2D eigenvalue weighted by Gasteiger charge is 2.34. The van der Waals surface area contributed by atoms with Crippen LogP contribution in [0.4, 0.5) is 0 Å².